The first-order valence-electron chi connectivity index (χ1n) is 7.48. The number of furan rings is 1. The normalized spacial score (nSPS) is 10.8. The standard InChI is InChI=1S/C18H21NO4/c1-11(2)13-6-5-7-14(8-13)19(4)18(22)17-12(3)10-23-15(17)9-16(20)21/h5-8,10-11H,9H2,1-4H3,(H,20,21). The second-order valence-electron chi connectivity index (χ2n) is 5.90. The second-order valence-corrected chi connectivity index (χ2v) is 5.90. The first-order chi connectivity index (χ1) is 10.8. The molecule has 0 saturated carbocycles. The van der Waals surface area contributed by atoms with Crippen LogP contribution in [0.2, 0.25) is 0 Å². The summed E-state index contributed by atoms with van der Waals surface area (Å²) >= 11 is 0. The number of amides is 1. The topological polar surface area (TPSA) is 70.7 Å². The highest BCUT2D eigenvalue weighted by Gasteiger charge is 2.24. The molecule has 5 nitrogen and oxygen atoms in total. The smallest absolute Gasteiger partial charge is 0.311 e. The van der Waals surface area contributed by atoms with Crippen LogP contribution in [0.3, 0.4) is 0 Å². The number of carbonyl (C=O) groups excluding carboxylic acids is 1. The van der Waals surface area contributed by atoms with Crippen LogP contribution in [0.4, 0.5) is 5.69 Å². The fourth-order valence-corrected chi connectivity index (χ4v) is 2.43. The molecule has 0 radical (unpaired) electrons. The predicted molar refractivity (Wildman–Crippen MR) is 88.0 cm³/mol. The van der Waals surface area contributed by atoms with Crippen molar-refractivity contribution in [1.29, 1.82) is 0 Å². The number of carboxylic acid groups (broad SMARTS) is 1. The van der Waals surface area contributed by atoms with Crippen molar-refractivity contribution >= 4 is 17.6 Å². The number of hydrogen-bond donors (Lipinski definition) is 1. The van der Waals surface area contributed by atoms with Gasteiger partial charge in [-0.1, -0.05) is 26.0 Å². The molecule has 0 atom stereocenters. The van der Waals surface area contributed by atoms with Crippen LogP contribution < -0.4 is 4.90 Å². The number of carbonyl (C=O) groups is 2. The van der Waals surface area contributed by atoms with Gasteiger partial charge in [0.2, 0.25) is 0 Å². The van der Waals surface area contributed by atoms with E-state index in [0.29, 0.717) is 17.0 Å². The van der Waals surface area contributed by atoms with Crippen molar-refractivity contribution < 1.29 is 19.1 Å². The number of carboxylic acids is 1. The van der Waals surface area contributed by atoms with Gasteiger partial charge in [-0.2, -0.15) is 0 Å². The molecule has 1 aromatic carbocycles. The molecule has 1 N–H and O–H groups in total. The molecule has 0 aliphatic rings. The van der Waals surface area contributed by atoms with Crippen LogP contribution in [0, 0.1) is 6.92 Å². The highest BCUT2D eigenvalue weighted by Crippen LogP contribution is 2.25. The zero-order valence-corrected chi connectivity index (χ0v) is 13.8. The number of aliphatic carboxylic acids is 1. The van der Waals surface area contributed by atoms with Crippen LogP contribution in [-0.2, 0) is 11.2 Å². The average molecular weight is 315 g/mol. The zero-order valence-electron chi connectivity index (χ0n) is 13.8. The molecular formula is C18H21NO4. The Hall–Kier alpha value is -2.56. The number of hydrogen-bond acceptors (Lipinski definition) is 3. The van der Waals surface area contributed by atoms with Gasteiger partial charge < -0.3 is 14.4 Å². The molecule has 0 aliphatic heterocycles. The van der Waals surface area contributed by atoms with E-state index in [1.807, 2.05) is 24.3 Å². The van der Waals surface area contributed by atoms with Crippen molar-refractivity contribution in [3.63, 3.8) is 0 Å². The molecule has 0 spiro atoms. The monoisotopic (exact) mass is 315 g/mol. The molecule has 122 valence electrons. The SMILES string of the molecule is Cc1coc(CC(=O)O)c1C(=O)N(C)c1cccc(C(C)C)c1. The average Bonchev–Trinajstić information content (AvgIpc) is 2.85. The summed E-state index contributed by atoms with van der Waals surface area (Å²) in [5.41, 5.74) is 2.86. The molecule has 23 heavy (non-hydrogen) atoms. The van der Waals surface area contributed by atoms with E-state index in [0.717, 1.165) is 11.3 Å². The predicted octanol–water partition coefficient (Wildman–Crippen LogP) is 3.62. The Morgan fingerprint density at radius 2 is 2.00 bits per heavy atom. The molecule has 1 heterocycles. The Balaban J connectivity index is 2.35. The van der Waals surface area contributed by atoms with E-state index in [9.17, 15) is 9.59 Å². The summed E-state index contributed by atoms with van der Waals surface area (Å²) in [6.45, 7) is 5.92. The van der Waals surface area contributed by atoms with E-state index >= 15 is 0 Å². The largest absolute Gasteiger partial charge is 0.481 e. The van der Waals surface area contributed by atoms with Gasteiger partial charge in [-0.25, -0.2) is 0 Å². The van der Waals surface area contributed by atoms with Crippen LogP contribution in [0.15, 0.2) is 34.9 Å². The minimum absolute atomic E-state index is 0.187. The van der Waals surface area contributed by atoms with E-state index in [2.05, 4.69) is 13.8 Å². The molecular weight excluding hydrogens is 294 g/mol. The molecule has 0 fully saturated rings. The summed E-state index contributed by atoms with van der Waals surface area (Å²) in [7, 11) is 1.68. The summed E-state index contributed by atoms with van der Waals surface area (Å²) < 4.78 is 5.25. The van der Waals surface area contributed by atoms with Crippen LogP contribution >= 0.6 is 0 Å². The maximum Gasteiger partial charge on any atom is 0.311 e. The van der Waals surface area contributed by atoms with E-state index in [1.54, 1.807) is 14.0 Å². The lowest BCUT2D eigenvalue weighted by atomic mass is 10.0. The molecule has 0 saturated heterocycles. The van der Waals surface area contributed by atoms with Gasteiger partial charge in [-0.15, -0.1) is 0 Å². The van der Waals surface area contributed by atoms with Crippen molar-refractivity contribution in [3.8, 4) is 0 Å². The van der Waals surface area contributed by atoms with Crippen LogP contribution in [0.5, 0.6) is 0 Å². The summed E-state index contributed by atoms with van der Waals surface area (Å²) in [6.07, 6.45) is 1.11. The number of benzene rings is 1. The lowest BCUT2D eigenvalue weighted by Gasteiger charge is -2.19. The van der Waals surface area contributed by atoms with Crippen LogP contribution in [0.25, 0.3) is 0 Å². The molecule has 0 aliphatic carbocycles. The second kappa shape index (κ2) is 6.69. The Bertz CT molecular complexity index is 730. The molecule has 0 unspecified atom stereocenters. The molecule has 0 bridgehead atoms. The third-order valence-electron chi connectivity index (χ3n) is 3.81. The minimum Gasteiger partial charge on any atom is -0.481 e. The van der Waals surface area contributed by atoms with E-state index < -0.39 is 5.97 Å². The van der Waals surface area contributed by atoms with Gasteiger partial charge in [0.15, 0.2) is 0 Å². The summed E-state index contributed by atoms with van der Waals surface area (Å²) in [5.74, 6) is -0.755. The third-order valence-corrected chi connectivity index (χ3v) is 3.81. The van der Waals surface area contributed by atoms with Crippen LogP contribution in [0.1, 0.15) is 47.0 Å². The van der Waals surface area contributed by atoms with E-state index in [4.69, 9.17) is 9.52 Å². The highest BCUT2D eigenvalue weighted by atomic mass is 16.4. The Morgan fingerprint density at radius 3 is 2.61 bits per heavy atom. The van der Waals surface area contributed by atoms with Crippen molar-refractivity contribution in [1.82, 2.24) is 0 Å². The molecule has 5 heteroatoms. The quantitative estimate of drug-likeness (QED) is 0.915. The minimum atomic E-state index is -1.03. The van der Waals surface area contributed by atoms with Crippen molar-refractivity contribution in [2.75, 3.05) is 11.9 Å². The number of rotatable bonds is 5. The van der Waals surface area contributed by atoms with Crippen molar-refractivity contribution in [2.45, 2.75) is 33.1 Å². The van der Waals surface area contributed by atoms with Gasteiger partial charge in [0, 0.05) is 18.3 Å². The summed E-state index contributed by atoms with van der Waals surface area (Å²) in [4.78, 5) is 25.2. The third kappa shape index (κ3) is 3.62. The number of anilines is 1. The van der Waals surface area contributed by atoms with Crippen molar-refractivity contribution in [3.05, 3.63) is 53.0 Å². The van der Waals surface area contributed by atoms with E-state index in [-0.39, 0.29) is 18.1 Å². The number of aryl methyl sites for hydroxylation is 1. The zero-order chi connectivity index (χ0) is 17.1. The molecule has 2 rings (SSSR count). The Labute approximate surface area is 135 Å². The maximum absolute atomic E-state index is 12.8. The molecule has 1 aromatic heterocycles. The Kier molecular flexibility index (Phi) is 4.89. The highest BCUT2D eigenvalue weighted by molar-refractivity contribution is 6.07. The lowest BCUT2D eigenvalue weighted by Crippen LogP contribution is -2.27. The Morgan fingerprint density at radius 1 is 1.30 bits per heavy atom. The first-order valence-corrected chi connectivity index (χ1v) is 7.48. The molecule has 2 aromatic rings. The fourth-order valence-electron chi connectivity index (χ4n) is 2.43. The van der Waals surface area contributed by atoms with E-state index in [1.165, 1.54) is 11.2 Å². The van der Waals surface area contributed by atoms with Gasteiger partial charge in [-0.05, 0) is 30.5 Å². The summed E-state index contributed by atoms with van der Waals surface area (Å²) in [5, 5.41) is 8.95. The van der Waals surface area contributed by atoms with Crippen LogP contribution in [-0.4, -0.2) is 24.0 Å². The van der Waals surface area contributed by atoms with Gasteiger partial charge >= 0.3 is 5.97 Å². The van der Waals surface area contributed by atoms with Crippen molar-refractivity contribution in [2.24, 2.45) is 0 Å². The van der Waals surface area contributed by atoms with Gasteiger partial charge in [0.1, 0.15) is 12.2 Å². The van der Waals surface area contributed by atoms with Gasteiger partial charge in [0.05, 0.1) is 11.8 Å². The van der Waals surface area contributed by atoms with Gasteiger partial charge in [0.25, 0.3) is 5.91 Å². The number of nitrogens with zero attached hydrogens (tertiary/aromatic N) is 1. The summed E-state index contributed by atoms with van der Waals surface area (Å²) in [6, 6.07) is 7.76. The lowest BCUT2D eigenvalue weighted by molar-refractivity contribution is -0.136. The van der Waals surface area contributed by atoms with Gasteiger partial charge in [-0.3, -0.25) is 9.59 Å². The maximum atomic E-state index is 12.8. The fraction of sp³-hybridized carbons (Fsp3) is 0.333. The first kappa shape index (κ1) is 16.8. The molecule has 1 amide bonds.